The Hall–Kier alpha value is -1.49. The maximum atomic E-state index is 12.9. The molecule has 0 aliphatic carbocycles. The normalized spacial score (nSPS) is 11.8. The summed E-state index contributed by atoms with van der Waals surface area (Å²) < 4.78 is 25.9. The van der Waals surface area contributed by atoms with Gasteiger partial charge in [0.05, 0.1) is 5.56 Å². The van der Waals surface area contributed by atoms with Gasteiger partial charge < -0.3 is 10.8 Å². The number of rotatable bonds is 2. The number of amidine groups is 1. The highest BCUT2D eigenvalue weighted by atomic mass is 19.1. The van der Waals surface area contributed by atoms with Gasteiger partial charge in [0.2, 0.25) is 0 Å². The summed E-state index contributed by atoms with van der Waals surface area (Å²) in [5, 5.41) is 8.37. The van der Waals surface area contributed by atoms with Crippen LogP contribution in [0.25, 0.3) is 0 Å². The van der Waals surface area contributed by atoms with Crippen LogP contribution in [0.4, 0.5) is 8.78 Å². The summed E-state index contributed by atoms with van der Waals surface area (Å²) in [5.74, 6) is -1.94. The topological polar surface area (TPSA) is 58.6 Å². The van der Waals surface area contributed by atoms with E-state index in [1.807, 2.05) is 0 Å². The lowest BCUT2D eigenvalue weighted by Crippen LogP contribution is -2.17. The standard InChI is InChI=1S/C8H8F2N2O/c9-5-2-1-3-6(10)7(5)8(11)12-4-13/h1-3,13H,4H2,(H2,11,12). The van der Waals surface area contributed by atoms with E-state index in [9.17, 15) is 8.78 Å². The average molecular weight is 186 g/mol. The lowest BCUT2D eigenvalue weighted by molar-refractivity contribution is 0.309. The molecule has 0 radical (unpaired) electrons. The van der Waals surface area contributed by atoms with E-state index in [4.69, 9.17) is 10.8 Å². The monoisotopic (exact) mass is 186 g/mol. The van der Waals surface area contributed by atoms with E-state index in [0.717, 1.165) is 12.1 Å². The molecule has 0 heterocycles. The molecule has 0 amide bonds. The molecule has 0 atom stereocenters. The first-order chi connectivity index (χ1) is 6.16. The molecule has 1 rings (SSSR count). The molecule has 70 valence electrons. The van der Waals surface area contributed by atoms with Crippen molar-refractivity contribution in [3.8, 4) is 0 Å². The predicted molar refractivity (Wildman–Crippen MR) is 44.2 cm³/mol. The van der Waals surface area contributed by atoms with Crippen LogP contribution in [0.2, 0.25) is 0 Å². The Morgan fingerprint density at radius 3 is 2.38 bits per heavy atom. The van der Waals surface area contributed by atoms with Crippen molar-refractivity contribution in [3.63, 3.8) is 0 Å². The van der Waals surface area contributed by atoms with Crippen molar-refractivity contribution in [1.29, 1.82) is 0 Å². The van der Waals surface area contributed by atoms with E-state index in [2.05, 4.69) is 4.99 Å². The van der Waals surface area contributed by atoms with Gasteiger partial charge in [0.15, 0.2) is 0 Å². The number of nitrogens with zero attached hydrogens (tertiary/aromatic N) is 1. The first-order valence-corrected chi connectivity index (χ1v) is 3.52. The average Bonchev–Trinajstić information content (AvgIpc) is 2.04. The van der Waals surface area contributed by atoms with E-state index in [-0.39, 0.29) is 5.84 Å². The Kier molecular flexibility index (Phi) is 2.92. The largest absolute Gasteiger partial charge is 0.383 e. The zero-order valence-electron chi connectivity index (χ0n) is 6.67. The smallest absolute Gasteiger partial charge is 0.137 e. The number of aliphatic hydroxyl groups excluding tert-OH is 1. The number of aliphatic hydroxyl groups is 1. The van der Waals surface area contributed by atoms with Crippen LogP contribution >= 0.6 is 0 Å². The zero-order chi connectivity index (χ0) is 9.84. The quantitative estimate of drug-likeness (QED) is 0.525. The fourth-order valence-corrected chi connectivity index (χ4v) is 0.898. The van der Waals surface area contributed by atoms with Crippen molar-refractivity contribution in [2.45, 2.75) is 0 Å². The molecule has 0 aliphatic rings. The van der Waals surface area contributed by atoms with Gasteiger partial charge in [-0.05, 0) is 12.1 Å². The number of halogens is 2. The number of aliphatic imine (C=N–C) groups is 1. The Labute approximate surface area is 73.5 Å². The van der Waals surface area contributed by atoms with Crippen LogP contribution in [-0.4, -0.2) is 17.7 Å². The van der Waals surface area contributed by atoms with Crippen molar-refractivity contribution in [1.82, 2.24) is 0 Å². The van der Waals surface area contributed by atoms with E-state index in [1.54, 1.807) is 0 Å². The molecular weight excluding hydrogens is 178 g/mol. The molecule has 1 aromatic carbocycles. The van der Waals surface area contributed by atoms with E-state index in [0.29, 0.717) is 0 Å². The second-order valence-electron chi connectivity index (χ2n) is 2.28. The predicted octanol–water partition coefficient (Wildman–Crippen LogP) is 0.620. The third kappa shape index (κ3) is 2.00. The van der Waals surface area contributed by atoms with Gasteiger partial charge in [0, 0.05) is 0 Å². The first-order valence-electron chi connectivity index (χ1n) is 3.52. The third-order valence-corrected chi connectivity index (χ3v) is 1.46. The highest BCUT2D eigenvalue weighted by molar-refractivity contribution is 5.97. The van der Waals surface area contributed by atoms with Gasteiger partial charge in [-0.1, -0.05) is 6.07 Å². The van der Waals surface area contributed by atoms with Crippen molar-refractivity contribution >= 4 is 5.84 Å². The summed E-state index contributed by atoms with van der Waals surface area (Å²) in [5.41, 5.74) is 4.81. The molecule has 0 saturated heterocycles. The molecule has 0 fully saturated rings. The molecule has 0 unspecified atom stereocenters. The van der Waals surface area contributed by atoms with E-state index < -0.39 is 23.9 Å². The molecule has 0 aliphatic heterocycles. The van der Waals surface area contributed by atoms with Crippen molar-refractivity contribution in [2.24, 2.45) is 10.7 Å². The van der Waals surface area contributed by atoms with Crippen LogP contribution in [0.1, 0.15) is 5.56 Å². The van der Waals surface area contributed by atoms with Gasteiger partial charge in [0.1, 0.15) is 24.2 Å². The summed E-state index contributed by atoms with van der Waals surface area (Å²) >= 11 is 0. The molecule has 3 nitrogen and oxygen atoms in total. The van der Waals surface area contributed by atoms with Gasteiger partial charge in [-0.2, -0.15) is 0 Å². The van der Waals surface area contributed by atoms with Gasteiger partial charge in [-0.25, -0.2) is 13.8 Å². The molecule has 1 aromatic rings. The molecule has 0 saturated carbocycles. The minimum Gasteiger partial charge on any atom is -0.383 e. The van der Waals surface area contributed by atoms with Crippen LogP contribution in [-0.2, 0) is 0 Å². The van der Waals surface area contributed by atoms with Crippen LogP contribution in [0.15, 0.2) is 23.2 Å². The van der Waals surface area contributed by atoms with Crippen LogP contribution in [0.5, 0.6) is 0 Å². The first kappa shape index (κ1) is 9.60. The Bertz CT molecular complexity index is 319. The van der Waals surface area contributed by atoms with Gasteiger partial charge in [-0.15, -0.1) is 0 Å². The molecule has 0 aromatic heterocycles. The van der Waals surface area contributed by atoms with E-state index >= 15 is 0 Å². The summed E-state index contributed by atoms with van der Waals surface area (Å²) in [6.45, 7) is -0.598. The summed E-state index contributed by atoms with van der Waals surface area (Å²) in [6.07, 6.45) is 0. The minimum absolute atomic E-state index is 0.349. The molecule has 0 spiro atoms. The summed E-state index contributed by atoms with van der Waals surface area (Å²) in [6, 6.07) is 3.36. The molecule has 3 N–H and O–H groups in total. The van der Waals surface area contributed by atoms with E-state index in [1.165, 1.54) is 6.07 Å². The van der Waals surface area contributed by atoms with Gasteiger partial charge in [-0.3, -0.25) is 0 Å². The highest BCUT2D eigenvalue weighted by Crippen LogP contribution is 2.11. The Balaban J connectivity index is 3.20. The van der Waals surface area contributed by atoms with Crippen LogP contribution < -0.4 is 5.73 Å². The van der Waals surface area contributed by atoms with Crippen molar-refractivity contribution < 1.29 is 13.9 Å². The second kappa shape index (κ2) is 3.95. The molecular formula is C8H8F2N2O. The second-order valence-corrected chi connectivity index (χ2v) is 2.28. The fourth-order valence-electron chi connectivity index (χ4n) is 0.898. The number of benzene rings is 1. The van der Waals surface area contributed by atoms with Crippen LogP contribution in [0, 0.1) is 11.6 Å². The summed E-state index contributed by atoms with van der Waals surface area (Å²) in [4.78, 5) is 3.29. The zero-order valence-corrected chi connectivity index (χ0v) is 6.67. The van der Waals surface area contributed by atoms with Crippen molar-refractivity contribution in [2.75, 3.05) is 6.73 Å². The molecule has 0 bridgehead atoms. The van der Waals surface area contributed by atoms with Gasteiger partial charge >= 0.3 is 0 Å². The van der Waals surface area contributed by atoms with Crippen molar-refractivity contribution in [3.05, 3.63) is 35.4 Å². The maximum Gasteiger partial charge on any atom is 0.137 e. The minimum atomic E-state index is -0.797. The molecule has 5 heteroatoms. The van der Waals surface area contributed by atoms with Crippen LogP contribution in [0.3, 0.4) is 0 Å². The molecule has 13 heavy (non-hydrogen) atoms. The van der Waals surface area contributed by atoms with Gasteiger partial charge in [0.25, 0.3) is 0 Å². The number of hydrogen-bond acceptors (Lipinski definition) is 2. The number of hydrogen-bond donors (Lipinski definition) is 2. The number of nitrogens with two attached hydrogens (primary N) is 1. The lowest BCUT2D eigenvalue weighted by Gasteiger charge is -2.02. The summed E-state index contributed by atoms with van der Waals surface area (Å²) in [7, 11) is 0. The highest BCUT2D eigenvalue weighted by Gasteiger charge is 2.11. The lowest BCUT2D eigenvalue weighted by atomic mass is 10.2. The fraction of sp³-hybridized carbons (Fsp3) is 0.125. The Morgan fingerprint density at radius 2 is 1.92 bits per heavy atom. The SMILES string of the molecule is NC(=NCO)c1c(F)cccc1F. The Morgan fingerprint density at radius 1 is 1.38 bits per heavy atom. The maximum absolute atomic E-state index is 12.9. The third-order valence-electron chi connectivity index (χ3n) is 1.46.